The summed E-state index contributed by atoms with van der Waals surface area (Å²) in [4.78, 5) is 39.1. The molecule has 0 aliphatic heterocycles. The second-order valence-corrected chi connectivity index (χ2v) is 7.27. The first-order valence-electron chi connectivity index (χ1n) is 8.51. The number of carbonyl (C=O) groups excluding carboxylic acids is 2. The second kappa shape index (κ2) is 7.34. The third-order valence-corrected chi connectivity index (χ3v) is 5.33. The Balaban J connectivity index is 1.35. The van der Waals surface area contributed by atoms with Crippen molar-refractivity contribution in [1.82, 2.24) is 25.2 Å². The van der Waals surface area contributed by atoms with Crippen LogP contribution in [0.2, 0.25) is 0 Å². The molecular weight excluding hydrogens is 362 g/mol. The Hall–Kier alpha value is -2.97. The molecule has 1 aliphatic carbocycles. The number of para-hydroxylation sites is 1. The number of fused-ring (bicyclic) bond motifs is 2. The molecule has 1 aliphatic rings. The Morgan fingerprint density at radius 2 is 1.89 bits per heavy atom. The van der Waals surface area contributed by atoms with Crippen molar-refractivity contribution >= 4 is 33.1 Å². The molecule has 0 spiro atoms. The van der Waals surface area contributed by atoms with Crippen LogP contribution in [0, 0.1) is 0 Å². The molecule has 1 aromatic carbocycles. The predicted molar refractivity (Wildman–Crippen MR) is 103 cm³/mol. The Morgan fingerprint density at radius 1 is 1.11 bits per heavy atom. The van der Waals surface area contributed by atoms with Crippen LogP contribution >= 0.6 is 11.3 Å². The van der Waals surface area contributed by atoms with Crippen molar-refractivity contribution in [3.8, 4) is 0 Å². The van der Waals surface area contributed by atoms with Gasteiger partial charge in [0, 0.05) is 45.2 Å². The molecule has 4 rings (SSSR count). The van der Waals surface area contributed by atoms with Crippen LogP contribution in [0.4, 0.5) is 0 Å². The molecule has 2 aromatic heterocycles. The maximum atomic E-state index is 12.6. The number of thiazole rings is 1. The smallest absolute Gasteiger partial charge is 0.229 e. The van der Waals surface area contributed by atoms with Crippen molar-refractivity contribution < 1.29 is 9.59 Å². The lowest BCUT2D eigenvalue weighted by molar-refractivity contribution is 0.0949. The van der Waals surface area contributed by atoms with Crippen LogP contribution in [0.3, 0.4) is 0 Å². The maximum Gasteiger partial charge on any atom is 0.229 e. The maximum absolute atomic E-state index is 12.6. The Labute approximate surface area is 159 Å². The van der Waals surface area contributed by atoms with Crippen LogP contribution in [-0.2, 0) is 6.54 Å². The molecule has 0 fully saturated rings. The lowest BCUT2D eigenvalue weighted by Crippen LogP contribution is -2.34. The lowest BCUT2D eigenvalue weighted by Gasteiger charge is -2.23. The fraction of sp³-hybridized carbons (Fsp3) is 0.211. The molecule has 8 heteroatoms. The number of allylic oxidation sites excluding steroid dienone is 2. The summed E-state index contributed by atoms with van der Waals surface area (Å²) in [5.41, 5.74) is 1.59. The molecule has 27 heavy (non-hydrogen) atoms. The number of benzene rings is 1. The van der Waals surface area contributed by atoms with E-state index in [4.69, 9.17) is 0 Å². The van der Waals surface area contributed by atoms with E-state index >= 15 is 0 Å². The van der Waals surface area contributed by atoms with Gasteiger partial charge in [0.15, 0.2) is 0 Å². The van der Waals surface area contributed by atoms with Crippen LogP contribution in [0.1, 0.15) is 26.0 Å². The second-order valence-electron chi connectivity index (χ2n) is 6.15. The minimum Gasteiger partial charge on any atom is -0.370 e. The highest BCUT2D eigenvalue weighted by Crippen LogP contribution is 2.21. The first-order valence-corrected chi connectivity index (χ1v) is 9.33. The molecule has 0 radical (unpaired) electrons. The van der Waals surface area contributed by atoms with Crippen LogP contribution in [0.15, 0.2) is 48.4 Å². The topological polar surface area (TPSA) is 88.1 Å². The van der Waals surface area contributed by atoms with Gasteiger partial charge in [-0.1, -0.05) is 12.1 Å². The molecule has 0 saturated heterocycles. The van der Waals surface area contributed by atoms with Crippen molar-refractivity contribution in [3.05, 3.63) is 64.8 Å². The van der Waals surface area contributed by atoms with E-state index in [1.165, 1.54) is 23.2 Å². The highest BCUT2D eigenvalue weighted by atomic mass is 32.1. The van der Waals surface area contributed by atoms with Crippen LogP contribution in [0.25, 0.3) is 10.2 Å². The largest absolute Gasteiger partial charge is 0.370 e. The van der Waals surface area contributed by atoms with Gasteiger partial charge in [-0.15, -0.1) is 11.3 Å². The van der Waals surface area contributed by atoms with Gasteiger partial charge in [-0.2, -0.15) is 0 Å². The molecule has 7 nitrogen and oxygen atoms in total. The number of carbonyl (C=O) groups is 2. The van der Waals surface area contributed by atoms with Crippen molar-refractivity contribution in [2.75, 3.05) is 20.1 Å². The monoisotopic (exact) mass is 379 g/mol. The van der Waals surface area contributed by atoms with Gasteiger partial charge in [0.25, 0.3) is 0 Å². The predicted octanol–water partition coefficient (Wildman–Crippen LogP) is 2.07. The van der Waals surface area contributed by atoms with Gasteiger partial charge in [0.1, 0.15) is 16.4 Å². The average molecular weight is 379 g/mol. The van der Waals surface area contributed by atoms with E-state index in [0.717, 1.165) is 10.5 Å². The molecule has 0 atom stereocenters. The van der Waals surface area contributed by atoms with Gasteiger partial charge in [0.2, 0.25) is 11.6 Å². The summed E-state index contributed by atoms with van der Waals surface area (Å²) in [6, 6.07) is 8.05. The summed E-state index contributed by atoms with van der Waals surface area (Å²) < 4.78 is 1.17. The number of Topliss-reactive ketones (excluding diaryl/α,β-unsaturated/α-hetero) is 1. The number of ketones is 2. The van der Waals surface area contributed by atoms with Gasteiger partial charge >= 0.3 is 0 Å². The standard InChI is InChI=1S/C19H17N5O2S/c1-24(13-10-14(25)17-18(19(13)26)22-7-6-21-17)9-8-20-11-16-23-12-4-2-3-5-15(12)27-16/h2-7,10,20H,8-9,11H2,1H3. The molecule has 1 N–H and O–H groups in total. The van der Waals surface area contributed by atoms with Crippen molar-refractivity contribution in [3.63, 3.8) is 0 Å². The quantitative estimate of drug-likeness (QED) is 0.656. The van der Waals surface area contributed by atoms with Crippen LogP contribution < -0.4 is 5.32 Å². The summed E-state index contributed by atoms with van der Waals surface area (Å²) in [6.45, 7) is 1.89. The van der Waals surface area contributed by atoms with Gasteiger partial charge < -0.3 is 10.2 Å². The molecule has 0 amide bonds. The number of hydrogen-bond donors (Lipinski definition) is 1. The minimum atomic E-state index is -0.290. The van der Waals surface area contributed by atoms with Crippen LogP contribution in [-0.4, -0.2) is 51.6 Å². The first-order chi connectivity index (χ1) is 13.1. The zero-order valence-electron chi connectivity index (χ0n) is 14.7. The van der Waals surface area contributed by atoms with Gasteiger partial charge in [-0.05, 0) is 12.1 Å². The van der Waals surface area contributed by atoms with Gasteiger partial charge in [0.05, 0.1) is 15.9 Å². The average Bonchev–Trinajstić information content (AvgIpc) is 3.11. The highest BCUT2D eigenvalue weighted by Gasteiger charge is 2.29. The third kappa shape index (κ3) is 3.49. The Morgan fingerprint density at radius 3 is 2.70 bits per heavy atom. The molecule has 136 valence electrons. The summed E-state index contributed by atoms with van der Waals surface area (Å²) in [6.07, 6.45) is 4.18. The van der Waals surface area contributed by atoms with E-state index in [1.807, 2.05) is 18.2 Å². The normalized spacial score (nSPS) is 13.6. The number of hydrogen-bond acceptors (Lipinski definition) is 8. The van der Waals surface area contributed by atoms with Crippen molar-refractivity contribution in [1.29, 1.82) is 0 Å². The molecule has 0 saturated carbocycles. The fourth-order valence-corrected chi connectivity index (χ4v) is 3.84. The SMILES string of the molecule is CN(CCNCc1nc2ccccc2s1)C1=CC(=O)c2nccnc2C1=O. The van der Waals surface area contributed by atoms with E-state index in [2.05, 4.69) is 26.3 Å². The Bertz CT molecular complexity index is 1030. The number of nitrogens with zero attached hydrogens (tertiary/aromatic N) is 4. The van der Waals surface area contributed by atoms with E-state index < -0.39 is 0 Å². The number of aromatic nitrogens is 3. The zero-order chi connectivity index (χ0) is 18.8. The summed E-state index contributed by atoms with van der Waals surface area (Å²) >= 11 is 1.66. The third-order valence-electron chi connectivity index (χ3n) is 4.30. The number of likely N-dealkylation sites (N-methyl/N-ethyl adjacent to an activating group) is 1. The minimum absolute atomic E-state index is 0.119. The fourth-order valence-electron chi connectivity index (χ4n) is 2.91. The van der Waals surface area contributed by atoms with Crippen molar-refractivity contribution in [2.24, 2.45) is 0 Å². The molecule has 2 heterocycles. The first kappa shape index (κ1) is 17.4. The Kier molecular flexibility index (Phi) is 4.74. The van der Waals surface area contributed by atoms with E-state index in [-0.39, 0.29) is 23.0 Å². The summed E-state index contributed by atoms with van der Waals surface area (Å²) in [5, 5.41) is 4.35. The van der Waals surface area contributed by atoms with E-state index in [9.17, 15) is 9.59 Å². The molecule has 0 unspecified atom stereocenters. The molecular formula is C19H17N5O2S. The summed E-state index contributed by atoms with van der Waals surface area (Å²) in [5.74, 6) is -0.562. The van der Waals surface area contributed by atoms with E-state index in [0.29, 0.717) is 25.3 Å². The van der Waals surface area contributed by atoms with Crippen LogP contribution in [0.5, 0.6) is 0 Å². The molecule has 0 bridgehead atoms. The van der Waals surface area contributed by atoms with Crippen molar-refractivity contribution in [2.45, 2.75) is 6.54 Å². The van der Waals surface area contributed by atoms with E-state index in [1.54, 1.807) is 23.3 Å². The number of nitrogens with one attached hydrogen (secondary N) is 1. The highest BCUT2D eigenvalue weighted by molar-refractivity contribution is 7.18. The molecule has 3 aromatic rings. The zero-order valence-corrected chi connectivity index (χ0v) is 15.5. The van der Waals surface area contributed by atoms with Gasteiger partial charge in [-0.3, -0.25) is 9.59 Å². The summed E-state index contributed by atoms with van der Waals surface area (Å²) in [7, 11) is 1.79. The van der Waals surface area contributed by atoms with Gasteiger partial charge in [-0.25, -0.2) is 15.0 Å². The number of rotatable bonds is 6. The lowest BCUT2D eigenvalue weighted by atomic mass is 10.0.